The highest BCUT2D eigenvalue weighted by Crippen LogP contribution is 2.32. The molecule has 20 heavy (non-hydrogen) atoms. The SMILES string of the molecule is CCOC(=O)c1cccc(-c2c(F)cccc2F)c1N. The van der Waals surface area contributed by atoms with Crippen molar-refractivity contribution in [3.05, 3.63) is 53.6 Å². The number of halogens is 2. The van der Waals surface area contributed by atoms with Crippen LogP contribution in [0.5, 0.6) is 0 Å². The lowest BCUT2D eigenvalue weighted by atomic mass is 9.99. The Labute approximate surface area is 115 Å². The summed E-state index contributed by atoms with van der Waals surface area (Å²) >= 11 is 0. The molecule has 2 aromatic rings. The minimum atomic E-state index is -0.738. The van der Waals surface area contributed by atoms with E-state index in [1.54, 1.807) is 6.92 Å². The van der Waals surface area contributed by atoms with Gasteiger partial charge in [-0.25, -0.2) is 13.6 Å². The number of anilines is 1. The van der Waals surface area contributed by atoms with Gasteiger partial charge in [-0.15, -0.1) is 0 Å². The molecule has 0 amide bonds. The maximum atomic E-state index is 13.8. The van der Waals surface area contributed by atoms with Crippen LogP contribution in [0.2, 0.25) is 0 Å². The molecule has 2 rings (SSSR count). The second kappa shape index (κ2) is 5.69. The quantitative estimate of drug-likeness (QED) is 0.691. The molecule has 0 saturated heterocycles. The summed E-state index contributed by atoms with van der Waals surface area (Å²) in [6.07, 6.45) is 0. The van der Waals surface area contributed by atoms with Gasteiger partial charge in [-0.1, -0.05) is 18.2 Å². The molecular formula is C15H13F2NO2. The zero-order valence-corrected chi connectivity index (χ0v) is 10.8. The summed E-state index contributed by atoms with van der Waals surface area (Å²) in [5.41, 5.74) is 5.81. The number of esters is 1. The van der Waals surface area contributed by atoms with Crippen molar-refractivity contribution in [3.8, 4) is 11.1 Å². The first-order valence-electron chi connectivity index (χ1n) is 6.06. The van der Waals surface area contributed by atoms with Gasteiger partial charge in [0.05, 0.1) is 23.4 Å². The van der Waals surface area contributed by atoms with Crippen LogP contribution in [0, 0.1) is 11.6 Å². The van der Waals surface area contributed by atoms with Crippen LogP contribution in [0.15, 0.2) is 36.4 Å². The lowest BCUT2D eigenvalue weighted by Gasteiger charge is -2.11. The number of nitrogen functional groups attached to an aromatic ring is 1. The number of hydrogen-bond donors (Lipinski definition) is 1. The molecule has 2 N–H and O–H groups in total. The fraction of sp³-hybridized carbons (Fsp3) is 0.133. The second-order valence-electron chi connectivity index (χ2n) is 4.08. The number of carbonyl (C=O) groups excluding carboxylic acids is 1. The van der Waals surface area contributed by atoms with E-state index in [0.717, 1.165) is 12.1 Å². The highest BCUT2D eigenvalue weighted by Gasteiger charge is 2.18. The van der Waals surface area contributed by atoms with E-state index in [4.69, 9.17) is 10.5 Å². The van der Waals surface area contributed by atoms with Crippen LogP contribution in [0.1, 0.15) is 17.3 Å². The fourth-order valence-electron chi connectivity index (χ4n) is 1.93. The number of benzene rings is 2. The molecule has 0 aliphatic heterocycles. The third kappa shape index (κ3) is 2.47. The lowest BCUT2D eigenvalue weighted by Crippen LogP contribution is -2.09. The molecule has 0 unspecified atom stereocenters. The third-order valence-corrected chi connectivity index (χ3v) is 2.83. The summed E-state index contributed by atoms with van der Waals surface area (Å²) < 4.78 is 32.4. The van der Waals surface area contributed by atoms with Crippen molar-refractivity contribution in [3.63, 3.8) is 0 Å². The van der Waals surface area contributed by atoms with Crippen molar-refractivity contribution < 1.29 is 18.3 Å². The second-order valence-corrected chi connectivity index (χ2v) is 4.08. The molecule has 0 aliphatic rings. The van der Waals surface area contributed by atoms with Gasteiger partial charge in [0.25, 0.3) is 0 Å². The predicted octanol–water partition coefficient (Wildman–Crippen LogP) is 3.39. The average Bonchev–Trinajstić information content (AvgIpc) is 2.40. The van der Waals surface area contributed by atoms with Gasteiger partial charge in [0, 0.05) is 5.56 Å². The van der Waals surface area contributed by atoms with Crippen LogP contribution in [0.3, 0.4) is 0 Å². The van der Waals surface area contributed by atoms with Crippen molar-refractivity contribution in [2.45, 2.75) is 6.92 Å². The summed E-state index contributed by atoms with van der Waals surface area (Å²) in [6.45, 7) is 1.85. The minimum absolute atomic E-state index is 0.00468. The smallest absolute Gasteiger partial charge is 0.340 e. The van der Waals surface area contributed by atoms with E-state index < -0.39 is 17.6 Å². The van der Waals surface area contributed by atoms with Gasteiger partial charge in [0.15, 0.2) is 0 Å². The Bertz CT molecular complexity index is 636. The largest absolute Gasteiger partial charge is 0.462 e. The third-order valence-electron chi connectivity index (χ3n) is 2.83. The molecule has 2 aromatic carbocycles. The monoisotopic (exact) mass is 277 g/mol. The van der Waals surface area contributed by atoms with Crippen molar-refractivity contribution in [1.29, 1.82) is 0 Å². The Morgan fingerprint density at radius 3 is 2.35 bits per heavy atom. The highest BCUT2D eigenvalue weighted by molar-refractivity contribution is 5.99. The van der Waals surface area contributed by atoms with Crippen molar-refractivity contribution in [2.75, 3.05) is 12.3 Å². The van der Waals surface area contributed by atoms with E-state index in [0.29, 0.717) is 0 Å². The topological polar surface area (TPSA) is 52.3 Å². The zero-order chi connectivity index (χ0) is 14.7. The summed E-state index contributed by atoms with van der Waals surface area (Å²) in [7, 11) is 0. The molecule has 0 saturated carbocycles. The Balaban J connectivity index is 2.59. The summed E-state index contributed by atoms with van der Waals surface area (Å²) in [5.74, 6) is -2.10. The lowest BCUT2D eigenvalue weighted by molar-refractivity contribution is 0.0527. The van der Waals surface area contributed by atoms with Crippen LogP contribution in [-0.2, 0) is 4.74 Å². The maximum absolute atomic E-state index is 13.8. The molecule has 0 aromatic heterocycles. The zero-order valence-electron chi connectivity index (χ0n) is 10.8. The number of nitrogens with two attached hydrogens (primary N) is 1. The van der Waals surface area contributed by atoms with Gasteiger partial charge in [-0.2, -0.15) is 0 Å². The molecule has 0 heterocycles. The van der Waals surface area contributed by atoms with Gasteiger partial charge in [-0.05, 0) is 25.1 Å². The highest BCUT2D eigenvalue weighted by atomic mass is 19.1. The van der Waals surface area contributed by atoms with E-state index in [2.05, 4.69) is 0 Å². The molecule has 0 atom stereocenters. The normalized spacial score (nSPS) is 10.3. The van der Waals surface area contributed by atoms with Crippen molar-refractivity contribution in [2.24, 2.45) is 0 Å². The van der Waals surface area contributed by atoms with Crippen LogP contribution in [0.25, 0.3) is 11.1 Å². The maximum Gasteiger partial charge on any atom is 0.340 e. The molecule has 0 fully saturated rings. The first kappa shape index (κ1) is 14.0. The standard InChI is InChI=1S/C15H13F2NO2/c1-2-20-15(19)10-6-3-5-9(14(10)18)13-11(16)7-4-8-12(13)17/h3-8H,2,18H2,1H3. The van der Waals surface area contributed by atoms with Gasteiger partial charge >= 0.3 is 5.97 Å². The molecular weight excluding hydrogens is 264 g/mol. The van der Waals surface area contributed by atoms with E-state index in [-0.39, 0.29) is 29.0 Å². The number of para-hydroxylation sites is 1. The number of hydrogen-bond acceptors (Lipinski definition) is 3. The Morgan fingerprint density at radius 1 is 1.15 bits per heavy atom. The molecule has 3 nitrogen and oxygen atoms in total. The molecule has 0 bridgehead atoms. The predicted molar refractivity (Wildman–Crippen MR) is 72.2 cm³/mol. The van der Waals surface area contributed by atoms with Crippen LogP contribution in [-0.4, -0.2) is 12.6 Å². The molecule has 0 aliphatic carbocycles. The van der Waals surface area contributed by atoms with Gasteiger partial charge in [0.2, 0.25) is 0 Å². The van der Waals surface area contributed by atoms with Gasteiger partial charge in [0.1, 0.15) is 11.6 Å². The molecule has 0 radical (unpaired) electrons. The Hall–Kier alpha value is -2.43. The van der Waals surface area contributed by atoms with E-state index in [1.807, 2.05) is 0 Å². The molecule has 5 heteroatoms. The van der Waals surface area contributed by atoms with Crippen LogP contribution in [0.4, 0.5) is 14.5 Å². The van der Waals surface area contributed by atoms with Crippen LogP contribution < -0.4 is 5.73 Å². The van der Waals surface area contributed by atoms with Gasteiger partial charge < -0.3 is 10.5 Å². The van der Waals surface area contributed by atoms with Crippen molar-refractivity contribution in [1.82, 2.24) is 0 Å². The number of ether oxygens (including phenoxy) is 1. The summed E-state index contributed by atoms with van der Waals surface area (Å²) in [6, 6.07) is 7.95. The Kier molecular flexibility index (Phi) is 3.98. The number of carbonyl (C=O) groups is 1. The van der Waals surface area contributed by atoms with Gasteiger partial charge in [-0.3, -0.25) is 0 Å². The molecule has 0 spiro atoms. The fourth-order valence-corrected chi connectivity index (χ4v) is 1.93. The Morgan fingerprint density at radius 2 is 1.75 bits per heavy atom. The first-order valence-corrected chi connectivity index (χ1v) is 6.06. The van der Waals surface area contributed by atoms with Crippen molar-refractivity contribution >= 4 is 11.7 Å². The van der Waals surface area contributed by atoms with E-state index in [9.17, 15) is 13.6 Å². The first-order chi connectivity index (χ1) is 9.56. The molecule has 104 valence electrons. The summed E-state index contributed by atoms with van der Waals surface area (Å²) in [4.78, 5) is 11.7. The minimum Gasteiger partial charge on any atom is -0.462 e. The summed E-state index contributed by atoms with van der Waals surface area (Å²) in [5, 5.41) is 0. The van der Waals surface area contributed by atoms with Crippen LogP contribution >= 0.6 is 0 Å². The number of rotatable bonds is 3. The average molecular weight is 277 g/mol. The van der Waals surface area contributed by atoms with E-state index >= 15 is 0 Å². The van der Waals surface area contributed by atoms with E-state index in [1.165, 1.54) is 24.3 Å².